The van der Waals surface area contributed by atoms with E-state index in [2.05, 4.69) is 20.6 Å². The largest absolute Gasteiger partial charge is 0.377 e. The highest BCUT2D eigenvalue weighted by Gasteiger charge is 2.08. The number of aromatic nitrogens is 2. The molecule has 1 aromatic rings. The summed E-state index contributed by atoms with van der Waals surface area (Å²) in [5, 5.41) is 6.39. The molecule has 1 rings (SSSR count). The molecule has 1 heterocycles. The molecule has 1 aromatic heterocycles. The van der Waals surface area contributed by atoms with E-state index in [1.165, 1.54) is 0 Å². The van der Waals surface area contributed by atoms with E-state index in [0.717, 1.165) is 18.2 Å². The van der Waals surface area contributed by atoms with Crippen LogP contribution in [-0.2, 0) is 22.1 Å². The van der Waals surface area contributed by atoms with E-state index >= 15 is 0 Å². The van der Waals surface area contributed by atoms with Crippen LogP contribution in [0.25, 0.3) is 0 Å². The summed E-state index contributed by atoms with van der Waals surface area (Å²) in [6.45, 7) is 5.14. The number of rotatable bonds is 8. The van der Waals surface area contributed by atoms with Gasteiger partial charge in [0, 0.05) is 48.6 Å². The Balaban J connectivity index is 2.82. The van der Waals surface area contributed by atoms with Crippen molar-refractivity contribution in [2.24, 2.45) is 0 Å². The highest BCUT2D eigenvalue weighted by atomic mass is 32.2. The van der Waals surface area contributed by atoms with Gasteiger partial charge < -0.3 is 15.4 Å². The lowest BCUT2D eigenvalue weighted by Crippen LogP contribution is -2.23. The average Bonchev–Trinajstić information content (AvgIpc) is 2.28. The van der Waals surface area contributed by atoms with Crippen molar-refractivity contribution in [3.63, 3.8) is 0 Å². The highest BCUT2D eigenvalue weighted by Crippen LogP contribution is 2.13. The maximum absolute atomic E-state index is 11.2. The van der Waals surface area contributed by atoms with Crippen molar-refractivity contribution in [3.05, 3.63) is 11.9 Å². The minimum absolute atomic E-state index is 0.0885. The maximum Gasteiger partial charge on any atom is 0.158 e. The van der Waals surface area contributed by atoms with Gasteiger partial charge in [0.25, 0.3) is 0 Å². The Morgan fingerprint density at radius 2 is 2.11 bits per heavy atom. The number of hydrogen-bond acceptors (Lipinski definition) is 6. The van der Waals surface area contributed by atoms with E-state index in [-0.39, 0.29) is 6.04 Å². The third kappa shape index (κ3) is 5.98. The third-order valence-corrected chi connectivity index (χ3v) is 3.25. The van der Waals surface area contributed by atoms with E-state index in [4.69, 9.17) is 4.74 Å². The van der Waals surface area contributed by atoms with Crippen molar-refractivity contribution in [3.8, 4) is 0 Å². The Morgan fingerprint density at radius 1 is 1.42 bits per heavy atom. The first-order valence-corrected chi connectivity index (χ1v) is 7.95. The van der Waals surface area contributed by atoms with Gasteiger partial charge in [-0.1, -0.05) is 0 Å². The maximum atomic E-state index is 11.2. The first-order chi connectivity index (χ1) is 9.05. The molecule has 0 aliphatic heterocycles. The van der Waals surface area contributed by atoms with Crippen LogP contribution in [0.3, 0.4) is 0 Å². The molecule has 0 aliphatic carbocycles. The second kappa shape index (κ2) is 8.06. The lowest BCUT2D eigenvalue weighted by Gasteiger charge is -2.15. The fraction of sp³-hybridized carbons (Fsp3) is 0.667. The number of nitrogens with zero attached hydrogens (tertiary/aromatic N) is 2. The van der Waals surface area contributed by atoms with Crippen LogP contribution in [0.2, 0.25) is 0 Å². The smallest absolute Gasteiger partial charge is 0.158 e. The fourth-order valence-corrected chi connectivity index (χ4v) is 2.47. The summed E-state index contributed by atoms with van der Waals surface area (Å²) in [7, 11) is 0.777. The zero-order chi connectivity index (χ0) is 14.3. The molecule has 0 aromatic carbocycles. The van der Waals surface area contributed by atoms with Gasteiger partial charge in [0.15, 0.2) is 5.82 Å². The molecule has 0 saturated heterocycles. The van der Waals surface area contributed by atoms with Gasteiger partial charge in [0.1, 0.15) is 18.2 Å². The molecule has 0 radical (unpaired) electrons. The number of ether oxygens (including phenoxy) is 1. The second-order valence-electron chi connectivity index (χ2n) is 4.30. The Kier molecular flexibility index (Phi) is 6.72. The van der Waals surface area contributed by atoms with E-state index in [9.17, 15) is 4.21 Å². The standard InChI is InChI=1S/C12H22N4O2S/c1-5-13-10-6-11(14-9(2)8-19(4)17)16-12(15-10)7-18-3/h6,9H,5,7-8H2,1-4H3,(H2,13,14,15,16). The molecule has 0 bridgehead atoms. The Hall–Kier alpha value is -1.21. The van der Waals surface area contributed by atoms with Crippen molar-refractivity contribution in [2.45, 2.75) is 26.5 Å². The summed E-state index contributed by atoms with van der Waals surface area (Å²) in [4.78, 5) is 8.70. The average molecular weight is 286 g/mol. The predicted octanol–water partition coefficient (Wildman–Crippen LogP) is 1.23. The molecule has 2 unspecified atom stereocenters. The van der Waals surface area contributed by atoms with Gasteiger partial charge >= 0.3 is 0 Å². The molecular weight excluding hydrogens is 264 g/mol. The Morgan fingerprint density at radius 3 is 2.68 bits per heavy atom. The normalized spacial score (nSPS) is 13.9. The summed E-state index contributed by atoms with van der Waals surface area (Å²) in [5.74, 6) is 2.68. The van der Waals surface area contributed by atoms with Crippen molar-refractivity contribution >= 4 is 22.4 Å². The molecule has 19 heavy (non-hydrogen) atoms. The predicted molar refractivity (Wildman–Crippen MR) is 78.9 cm³/mol. The minimum atomic E-state index is -0.833. The van der Waals surface area contributed by atoms with Crippen LogP contribution in [0.1, 0.15) is 19.7 Å². The fourth-order valence-electron chi connectivity index (χ4n) is 1.68. The first kappa shape index (κ1) is 15.8. The Labute approximate surface area is 116 Å². The van der Waals surface area contributed by atoms with E-state index in [1.54, 1.807) is 13.4 Å². The molecule has 0 aliphatic rings. The third-order valence-electron chi connectivity index (χ3n) is 2.28. The number of methoxy groups -OCH3 is 1. The van der Waals surface area contributed by atoms with Gasteiger partial charge in [0.05, 0.1) is 0 Å². The molecule has 6 nitrogen and oxygen atoms in total. The van der Waals surface area contributed by atoms with Crippen LogP contribution < -0.4 is 10.6 Å². The molecule has 2 N–H and O–H groups in total. The molecule has 108 valence electrons. The number of nitrogens with one attached hydrogen (secondary N) is 2. The Bertz CT molecular complexity index is 404. The summed E-state index contributed by atoms with van der Waals surface area (Å²) in [6, 6.07) is 1.93. The zero-order valence-electron chi connectivity index (χ0n) is 11.9. The summed E-state index contributed by atoms with van der Waals surface area (Å²) in [6.07, 6.45) is 1.69. The van der Waals surface area contributed by atoms with Gasteiger partial charge in [-0.2, -0.15) is 0 Å². The van der Waals surface area contributed by atoms with Crippen LogP contribution in [-0.4, -0.2) is 45.9 Å². The summed E-state index contributed by atoms with van der Waals surface area (Å²) < 4.78 is 16.2. The topological polar surface area (TPSA) is 76.1 Å². The van der Waals surface area contributed by atoms with E-state index in [1.807, 2.05) is 19.9 Å². The molecule has 0 fully saturated rings. The van der Waals surface area contributed by atoms with Crippen LogP contribution >= 0.6 is 0 Å². The molecule has 0 amide bonds. The van der Waals surface area contributed by atoms with Gasteiger partial charge in [-0.3, -0.25) is 4.21 Å². The van der Waals surface area contributed by atoms with Crippen LogP contribution in [0, 0.1) is 0 Å². The van der Waals surface area contributed by atoms with Crippen molar-refractivity contribution in [1.29, 1.82) is 0 Å². The first-order valence-electron chi connectivity index (χ1n) is 6.22. The lowest BCUT2D eigenvalue weighted by molar-refractivity contribution is 0.178. The SMILES string of the molecule is CCNc1cc(NC(C)CS(C)=O)nc(COC)n1. The number of hydrogen-bond donors (Lipinski definition) is 2. The molecule has 7 heteroatoms. The summed E-state index contributed by atoms with van der Waals surface area (Å²) >= 11 is 0. The lowest BCUT2D eigenvalue weighted by atomic mass is 10.3. The van der Waals surface area contributed by atoms with E-state index < -0.39 is 10.8 Å². The van der Waals surface area contributed by atoms with Gasteiger partial charge in [-0.05, 0) is 13.8 Å². The second-order valence-corrected chi connectivity index (χ2v) is 5.78. The molecule has 0 spiro atoms. The van der Waals surface area contributed by atoms with Crippen LogP contribution in [0.4, 0.5) is 11.6 Å². The quantitative estimate of drug-likeness (QED) is 0.748. The van der Waals surface area contributed by atoms with Gasteiger partial charge in [-0.25, -0.2) is 9.97 Å². The highest BCUT2D eigenvalue weighted by molar-refractivity contribution is 7.84. The van der Waals surface area contributed by atoms with Crippen LogP contribution in [0.15, 0.2) is 6.07 Å². The van der Waals surface area contributed by atoms with Gasteiger partial charge in [-0.15, -0.1) is 0 Å². The van der Waals surface area contributed by atoms with Crippen molar-refractivity contribution < 1.29 is 8.95 Å². The van der Waals surface area contributed by atoms with Crippen molar-refractivity contribution in [2.75, 3.05) is 36.3 Å². The molecule has 2 atom stereocenters. The van der Waals surface area contributed by atoms with Gasteiger partial charge in [0.2, 0.25) is 0 Å². The summed E-state index contributed by atoms with van der Waals surface area (Å²) in [5.41, 5.74) is 0. The van der Waals surface area contributed by atoms with E-state index in [0.29, 0.717) is 18.2 Å². The zero-order valence-corrected chi connectivity index (χ0v) is 12.7. The molecular formula is C12H22N4O2S. The van der Waals surface area contributed by atoms with Crippen molar-refractivity contribution in [1.82, 2.24) is 9.97 Å². The monoisotopic (exact) mass is 286 g/mol. The molecule has 0 saturated carbocycles. The minimum Gasteiger partial charge on any atom is -0.377 e. The van der Waals surface area contributed by atoms with Crippen LogP contribution in [0.5, 0.6) is 0 Å². The number of anilines is 2.